The van der Waals surface area contributed by atoms with Gasteiger partial charge in [0.2, 0.25) is 0 Å². The maximum atomic E-state index is 12.2. The van der Waals surface area contributed by atoms with Gasteiger partial charge in [-0.3, -0.25) is 4.79 Å². The Bertz CT molecular complexity index is 1370. The lowest BCUT2D eigenvalue weighted by atomic mass is 9.91. The highest BCUT2D eigenvalue weighted by molar-refractivity contribution is 7.99. The molecule has 0 aliphatic carbocycles. The number of hydrogen-bond acceptors (Lipinski definition) is 8. The first-order valence-corrected chi connectivity index (χ1v) is 14.5. The Balaban J connectivity index is 1.50. The predicted octanol–water partition coefficient (Wildman–Crippen LogP) is 5.15. The number of carbonyl (C=O) groups is 3. The van der Waals surface area contributed by atoms with E-state index >= 15 is 0 Å². The molecule has 0 spiro atoms. The molecule has 1 heterocycles. The van der Waals surface area contributed by atoms with Gasteiger partial charge < -0.3 is 35.1 Å². The van der Waals surface area contributed by atoms with E-state index in [1.54, 1.807) is 49.4 Å². The maximum Gasteiger partial charge on any atom is 0.336 e. The van der Waals surface area contributed by atoms with Gasteiger partial charge in [0.15, 0.2) is 6.29 Å². The molecule has 222 valence electrons. The van der Waals surface area contributed by atoms with Crippen LogP contribution in [0.2, 0.25) is 0 Å². The van der Waals surface area contributed by atoms with Crippen LogP contribution in [0, 0.1) is 5.92 Å². The number of aliphatic hydroxyl groups is 1. The van der Waals surface area contributed by atoms with E-state index in [1.807, 2.05) is 37.3 Å². The van der Waals surface area contributed by atoms with Crippen molar-refractivity contribution in [1.82, 2.24) is 5.32 Å². The third-order valence-electron chi connectivity index (χ3n) is 6.78. The fraction of sp³-hybridized carbons (Fsp3) is 0.323. The minimum absolute atomic E-state index is 0.0590. The highest BCUT2D eigenvalue weighted by Crippen LogP contribution is 2.43. The molecule has 0 radical (unpaired) electrons. The summed E-state index contributed by atoms with van der Waals surface area (Å²) in [6.45, 7) is 3.66. The SMILES string of the molecule is CCOC(=O)CNC(=O)Nc1ccc([C@@H]2O[C@H](CSc3ccccc3C(=O)O)[C@H](C)[C@H](c3ccc(CO)cc3)O2)cc1. The van der Waals surface area contributed by atoms with Crippen molar-refractivity contribution in [3.05, 3.63) is 95.1 Å². The fourth-order valence-electron chi connectivity index (χ4n) is 4.51. The number of thioether (sulfide) groups is 1. The van der Waals surface area contributed by atoms with Crippen molar-refractivity contribution in [2.45, 2.75) is 43.8 Å². The number of ether oxygens (including phenoxy) is 3. The Kier molecular flexibility index (Phi) is 11.0. The Labute approximate surface area is 248 Å². The molecule has 1 aliphatic heterocycles. The largest absolute Gasteiger partial charge is 0.478 e. The molecule has 2 amide bonds. The number of anilines is 1. The number of benzene rings is 3. The summed E-state index contributed by atoms with van der Waals surface area (Å²) in [4.78, 5) is 36.0. The first kappa shape index (κ1) is 31.0. The van der Waals surface area contributed by atoms with Crippen LogP contribution in [0.5, 0.6) is 0 Å². The normalized spacial score (nSPS) is 20.0. The van der Waals surface area contributed by atoms with Gasteiger partial charge in [-0.1, -0.05) is 55.5 Å². The lowest BCUT2D eigenvalue weighted by Gasteiger charge is -2.41. The summed E-state index contributed by atoms with van der Waals surface area (Å²) in [5.74, 6) is -1.09. The molecule has 3 aromatic carbocycles. The van der Waals surface area contributed by atoms with Gasteiger partial charge in [-0.25, -0.2) is 9.59 Å². The minimum Gasteiger partial charge on any atom is -0.478 e. The van der Waals surface area contributed by atoms with E-state index in [1.165, 1.54) is 11.8 Å². The highest BCUT2D eigenvalue weighted by atomic mass is 32.2. The van der Waals surface area contributed by atoms with Crippen LogP contribution in [0.3, 0.4) is 0 Å². The summed E-state index contributed by atoms with van der Waals surface area (Å²) in [6.07, 6.45) is -1.34. The van der Waals surface area contributed by atoms with Crippen LogP contribution in [-0.2, 0) is 25.6 Å². The molecule has 1 fully saturated rings. The van der Waals surface area contributed by atoms with E-state index in [2.05, 4.69) is 10.6 Å². The maximum absolute atomic E-state index is 12.2. The molecule has 4 atom stereocenters. The van der Waals surface area contributed by atoms with Crippen LogP contribution in [0.1, 0.15) is 53.3 Å². The summed E-state index contributed by atoms with van der Waals surface area (Å²) < 4.78 is 17.7. The number of esters is 1. The van der Waals surface area contributed by atoms with Crippen LogP contribution in [0.25, 0.3) is 0 Å². The summed E-state index contributed by atoms with van der Waals surface area (Å²) in [5, 5.41) is 24.2. The van der Waals surface area contributed by atoms with E-state index in [4.69, 9.17) is 14.2 Å². The molecule has 0 saturated carbocycles. The number of amides is 2. The number of carboxylic acid groups (broad SMARTS) is 1. The third kappa shape index (κ3) is 8.10. The molecule has 1 saturated heterocycles. The van der Waals surface area contributed by atoms with Gasteiger partial charge in [0, 0.05) is 27.8 Å². The summed E-state index contributed by atoms with van der Waals surface area (Å²) >= 11 is 1.42. The highest BCUT2D eigenvalue weighted by Gasteiger charge is 2.38. The van der Waals surface area contributed by atoms with Crippen molar-refractivity contribution in [1.29, 1.82) is 0 Å². The Morgan fingerprint density at radius 1 is 0.952 bits per heavy atom. The summed E-state index contributed by atoms with van der Waals surface area (Å²) in [6, 6.07) is 20.9. The number of hydrogen-bond donors (Lipinski definition) is 4. The number of rotatable bonds is 11. The third-order valence-corrected chi connectivity index (χ3v) is 7.95. The average Bonchev–Trinajstić information content (AvgIpc) is 3.00. The second-order valence-corrected chi connectivity index (χ2v) is 10.7. The van der Waals surface area contributed by atoms with Crippen molar-refractivity contribution in [2.75, 3.05) is 24.2 Å². The molecule has 0 aromatic heterocycles. The van der Waals surface area contributed by atoms with Crippen LogP contribution < -0.4 is 10.6 Å². The van der Waals surface area contributed by atoms with Crippen LogP contribution in [-0.4, -0.2) is 53.2 Å². The number of aliphatic hydroxyl groups excluding tert-OH is 1. The van der Waals surface area contributed by atoms with Crippen molar-refractivity contribution in [3.8, 4) is 0 Å². The quantitative estimate of drug-likeness (QED) is 0.175. The standard InChI is InChI=1S/C31H34N2O8S/c1-3-39-27(35)16-32-31(38)33-23-14-12-22(13-15-23)30-40-25(18-42-26-7-5-4-6-24(26)29(36)37)19(2)28(41-30)21-10-8-20(17-34)9-11-21/h4-15,19,25,28,30,34H,3,16-18H2,1-2H3,(H,36,37)(H2,32,33,38)/t19-,25+,28+,30+/m0/s1. The molecule has 11 heteroatoms. The van der Waals surface area contributed by atoms with Crippen molar-refractivity contribution < 1.29 is 38.8 Å². The molecule has 0 bridgehead atoms. The number of carboxylic acids is 1. The zero-order valence-electron chi connectivity index (χ0n) is 23.3. The Hall–Kier alpha value is -3.90. The zero-order valence-corrected chi connectivity index (χ0v) is 24.1. The monoisotopic (exact) mass is 594 g/mol. The molecule has 1 aliphatic rings. The Morgan fingerprint density at radius 3 is 2.31 bits per heavy atom. The van der Waals surface area contributed by atoms with E-state index in [9.17, 15) is 24.6 Å². The van der Waals surface area contributed by atoms with Crippen LogP contribution >= 0.6 is 11.8 Å². The summed E-state index contributed by atoms with van der Waals surface area (Å²) in [7, 11) is 0. The van der Waals surface area contributed by atoms with Gasteiger partial charge in [-0.15, -0.1) is 11.8 Å². The molecular weight excluding hydrogens is 560 g/mol. The molecule has 4 rings (SSSR count). The van der Waals surface area contributed by atoms with Gasteiger partial charge in [0.1, 0.15) is 6.54 Å². The molecule has 4 N–H and O–H groups in total. The first-order chi connectivity index (χ1) is 20.3. The first-order valence-electron chi connectivity index (χ1n) is 13.5. The topological polar surface area (TPSA) is 143 Å². The number of nitrogens with one attached hydrogen (secondary N) is 2. The van der Waals surface area contributed by atoms with Gasteiger partial charge in [-0.2, -0.15) is 0 Å². The molecule has 42 heavy (non-hydrogen) atoms. The fourth-order valence-corrected chi connectivity index (χ4v) is 5.73. The zero-order chi connectivity index (χ0) is 30.1. The summed E-state index contributed by atoms with van der Waals surface area (Å²) in [5.41, 5.74) is 3.21. The molecular formula is C31H34N2O8S. The molecule has 3 aromatic rings. The Morgan fingerprint density at radius 2 is 1.64 bits per heavy atom. The van der Waals surface area contributed by atoms with Crippen molar-refractivity contribution >= 4 is 35.4 Å². The minimum atomic E-state index is -0.984. The molecule has 0 unspecified atom stereocenters. The van der Waals surface area contributed by atoms with Gasteiger partial charge >= 0.3 is 18.0 Å². The van der Waals surface area contributed by atoms with Gasteiger partial charge in [-0.05, 0) is 42.3 Å². The van der Waals surface area contributed by atoms with Crippen molar-refractivity contribution in [2.24, 2.45) is 5.92 Å². The van der Waals surface area contributed by atoms with Crippen molar-refractivity contribution in [3.63, 3.8) is 0 Å². The van der Waals surface area contributed by atoms with Crippen LogP contribution in [0.4, 0.5) is 10.5 Å². The van der Waals surface area contributed by atoms with E-state index in [-0.39, 0.29) is 43.4 Å². The van der Waals surface area contributed by atoms with E-state index < -0.39 is 24.3 Å². The smallest absolute Gasteiger partial charge is 0.336 e. The number of aromatic carboxylic acids is 1. The lowest BCUT2D eigenvalue weighted by molar-refractivity contribution is -0.268. The van der Waals surface area contributed by atoms with Gasteiger partial charge in [0.05, 0.1) is 31.0 Å². The second-order valence-electron chi connectivity index (χ2n) is 9.67. The average molecular weight is 595 g/mol. The lowest BCUT2D eigenvalue weighted by Crippen LogP contribution is -2.38. The molecule has 10 nitrogen and oxygen atoms in total. The van der Waals surface area contributed by atoms with Gasteiger partial charge in [0.25, 0.3) is 0 Å². The predicted molar refractivity (Wildman–Crippen MR) is 157 cm³/mol. The van der Waals surface area contributed by atoms with E-state index in [0.29, 0.717) is 16.3 Å². The number of carbonyl (C=O) groups excluding carboxylic acids is 2. The van der Waals surface area contributed by atoms with Crippen LogP contribution in [0.15, 0.2) is 77.7 Å². The number of urea groups is 1. The van der Waals surface area contributed by atoms with E-state index in [0.717, 1.165) is 16.7 Å². The second kappa shape index (κ2) is 14.8.